The van der Waals surface area contributed by atoms with Crippen molar-refractivity contribution in [1.82, 2.24) is 4.90 Å². The molecule has 2 bridgehead atoms. The molecule has 0 aromatic heterocycles. The Labute approximate surface area is 157 Å². The summed E-state index contributed by atoms with van der Waals surface area (Å²) in [7, 11) is 1.74. The first-order valence-corrected chi connectivity index (χ1v) is 9.26. The number of methoxy groups -OCH3 is 1. The molecule has 1 saturated heterocycles. The SMILES string of the molecule is CO[C@@H]1C=C[C@@]23c4cc5c(cc4CN(CO[C@H]2COC(C)=O)[C@H]3C1)OCO5. The maximum absolute atomic E-state index is 11.5. The van der Waals surface area contributed by atoms with Gasteiger partial charge in [-0.15, -0.1) is 0 Å². The van der Waals surface area contributed by atoms with Crippen molar-refractivity contribution in [2.75, 3.05) is 27.2 Å². The minimum atomic E-state index is -0.419. The van der Waals surface area contributed by atoms with Crippen LogP contribution in [0.1, 0.15) is 24.5 Å². The molecule has 0 amide bonds. The molecule has 27 heavy (non-hydrogen) atoms. The number of hydrogen-bond acceptors (Lipinski definition) is 7. The largest absolute Gasteiger partial charge is 0.463 e. The molecule has 1 unspecified atom stereocenters. The highest BCUT2D eigenvalue weighted by atomic mass is 16.7. The van der Waals surface area contributed by atoms with E-state index in [9.17, 15) is 4.79 Å². The molecule has 5 atom stereocenters. The highest BCUT2D eigenvalue weighted by Crippen LogP contribution is 2.52. The fourth-order valence-corrected chi connectivity index (χ4v) is 4.95. The van der Waals surface area contributed by atoms with Crippen LogP contribution in [0.4, 0.5) is 0 Å². The summed E-state index contributed by atoms with van der Waals surface area (Å²) >= 11 is 0. The molecule has 1 aromatic rings. The fourth-order valence-electron chi connectivity index (χ4n) is 4.95. The average Bonchev–Trinajstić information content (AvgIpc) is 3.12. The molecule has 144 valence electrons. The molecule has 7 nitrogen and oxygen atoms in total. The van der Waals surface area contributed by atoms with Crippen molar-refractivity contribution in [2.45, 2.75) is 43.6 Å². The van der Waals surface area contributed by atoms with E-state index in [1.165, 1.54) is 12.5 Å². The van der Waals surface area contributed by atoms with Crippen molar-refractivity contribution in [3.8, 4) is 11.5 Å². The second kappa shape index (κ2) is 6.22. The van der Waals surface area contributed by atoms with Crippen molar-refractivity contribution in [2.24, 2.45) is 0 Å². The van der Waals surface area contributed by atoms with Crippen molar-refractivity contribution in [3.05, 3.63) is 35.4 Å². The molecule has 1 fully saturated rings. The van der Waals surface area contributed by atoms with Gasteiger partial charge in [0.25, 0.3) is 0 Å². The zero-order chi connectivity index (χ0) is 18.6. The number of fused-ring (bicyclic) bond motifs is 2. The Hall–Kier alpha value is -2.09. The molecule has 0 saturated carbocycles. The zero-order valence-electron chi connectivity index (χ0n) is 15.5. The minimum Gasteiger partial charge on any atom is -0.463 e. The second-order valence-electron chi connectivity index (χ2n) is 7.51. The van der Waals surface area contributed by atoms with Gasteiger partial charge in [-0.1, -0.05) is 12.2 Å². The Kier molecular flexibility index (Phi) is 3.93. The molecule has 3 aliphatic heterocycles. The van der Waals surface area contributed by atoms with Gasteiger partial charge in [-0.2, -0.15) is 0 Å². The van der Waals surface area contributed by atoms with Crippen molar-refractivity contribution in [3.63, 3.8) is 0 Å². The van der Waals surface area contributed by atoms with E-state index in [1.54, 1.807) is 7.11 Å². The third-order valence-corrected chi connectivity index (χ3v) is 6.19. The normalized spacial score (nSPS) is 35.3. The summed E-state index contributed by atoms with van der Waals surface area (Å²) in [6.45, 7) is 3.16. The van der Waals surface area contributed by atoms with Crippen LogP contribution >= 0.6 is 0 Å². The van der Waals surface area contributed by atoms with Crippen LogP contribution in [0.2, 0.25) is 0 Å². The average molecular weight is 373 g/mol. The summed E-state index contributed by atoms with van der Waals surface area (Å²) in [5.41, 5.74) is 1.94. The maximum Gasteiger partial charge on any atom is 0.302 e. The maximum atomic E-state index is 11.5. The summed E-state index contributed by atoms with van der Waals surface area (Å²) in [5.74, 6) is 1.24. The topological polar surface area (TPSA) is 66.5 Å². The van der Waals surface area contributed by atoms with Crippen LogP contribution in [0, 0.1) is 0 Å². The summed E-state index contributed by atoms with van der Waals surface area (Å²) in [6.07, 6.45) is 4.95. The smallest absolute Gasteiger partial charge is 0.302 e. The van der Waals surface area contributed by atoms with Gasteiger partial charge < -0.3 is 23.7 Å². The van der Waals surface area contributed by atoms with Crippen LogP contribution in [0.5, 0.6) is 11.5 Å². The Bertz CT molecular complexity index is 808. The van der Waals surface area contributed by atoms with Crippen LogP contribution in [-0.2, 0) is 31.0 Å². The highest BCUT2D eigenvalue weighted by Gasteiger charge is 2.57. The molecule has 5 rings (SSSR count). The third kappa shape index (κ3) is 2.49. The Morgan fingerprint density at radius 2 is 2.15 bits per heavy atom. The Balaban J connectivity index is 1.66. The number of ether oxygens (including phenoxy) is 5. The molecule has 0 radical (unpaired) electrons. The van der Waals surface area contributed by atoms with Crippen LogP contribution in [0.25, 0.3) is 0 Å². The molecule has 7 heteroatoms. The van der Waals surface area contributed by atoms with E-state index in [-0.39, 0.29) is 37.6 Å². The minimum absolute atomic E-state index is 0.0636. The van der Waals surface area contributed by atoms with Crippen LogP contribution < -0.4 is 9.47 Å². The number of carbonyl (C=O) groups is 1. The zero-order valence-corrected chi connectivity index (χ0v) is 15.5. The summed E-state index contributed by atoms with van der Waals surface area (Å²) < 4.78 is 28.4. The first-order valence-electron chi connectivity index (χ1n) is 9.26. The van der Waals surface area contributed by atoms with E-state index < -0.39 is 5.41 Å². The predicted octanol–water partition coefficient (Wildman–Crippen LogP) is 1.73. The summed E-state index contributed by atoms with van der Waals surface area (Å²) in [5, 5.41) is 0. The van der Waals surface area contributed by atoms with E-state index in [0.29, 0.717) is 6.73 Å². The lowest BCUT2D eigenvalue weighted by Crippen LogP contribution is -2.67. The number of carbonyl (C=O) groups excluding carboxylic acids is 1. The van der Waals surface area contributed by atoms with Gasteiger partial charge >= 0.3 is 5.97 Å². The fraction of sp³-hybridized carbons (Fsp3) is 0.550. The molecule has 3 heterocycles. The number of hydrogen-bond donors (Lipinski definition) is 0. The molecule has 0 N–H and O–H groups in total. The first kappa shape index (κ1) is 17.0. The van der Waals surface area contributed by atoms with Gasteiger partial charge in [-0.25, -0.2) is 0 Å². The van der Waals surface area contributed by atoms with Gasteiger partial charge in [0.15, 0.2) is 11.5 Å². The van der Waals surface area contributed by atoms with Gasteiger partial charge in [-0.3, -0.25) is 9.69 Å². The van der Waals surface area contributed by atoms with Crippen LogP contribution in [-0.4, -0.2) is 56.4 Å². The van der Waals surface area contributed by atoms with Gasteiger partial charge in [0, 0.05) is 26.6 Å². The molecule has 1 aromatic carbocycles. The van der Waals surface area contributed by atoms with E-state index >= 15 is 0 Å². The van der Waals surface area contributed by atoms with Gasteiger partial charge in [0.05, 0.1) is 11.5 Å². The van der Waals surface area contributed by atoms with Gasteiger partial charge in [-0.05, 0) is 29.7 Å². The molecule has 4 aliphatic rings. The second-order valence-corrected chi connectivity index (χ2v) is 7.51. The molecular weight excluding hydrogens is 350 g/mol. The highest BCUT2D eigenvalue weighted by molar-refractivity contribution is 5.66. The molecule has 1 aliphatic carbocycles. The van der Waals surface area contributed by atoms with Gasteiger partial charge in [0.1, 0.15) is 19.4 Å². The summed E-state index contributed by atoms with van der Waals surface area (Å²) in [4.78, 5) is 13.8. The third-order valence-electron chi connectivity index (χ3n) is 6.19. The van der Waals surface area contributed by atoms with E-state index in [0.717, 1.165) is 30.0 Å². The van der Waals surface area contributed by atoms with Crippen molar-refractivity contribution in [1.29, 1.82) is 0 Å². The number of benzene rings is 1. The molecular formula is C20H23NO6. The van der Waals surface area contributed by atoms with Crippen molar-refractivity contribution >= 4 is 5.97 Å². The van der Waals surface area contributed by atoms with E-state index in [1.807, 2.05) is 0 Å². The van der Waals surface area contributed by atoms with E-state index in [2.05, 4.69) is 29.2 Å². The number of nitrogens with zero attached hydrogens (tertiary/aromatic N) is 1. The lowest BCUT2D eigenvalue weighted by Gasteiger charge is -2.58. The van der Waals surface area contributed by atoms with Gasteiger partial charge in [0.2, 0.25) is 6.79 Å². The lowest BCUT2D eigenvalue weighted by atomic mass is 9.61. The monoisotopic (exact) mass is 373 g/mol. The van der Waals surface area contributed by atoms with Crippen LogP contribution in [0.3, 0.4) is 0 Å². The molecule has 0 spiro atoms. The quantitative estimate of drug-likeness (QED) is 0.590. The first-order chi connectivity index (χ1) is 13.1. The number of rotatable bonds is 3. The predicted molar refractivity (Wildman–Crippen MR) is 94.5 cm³/mol. The Morgan fingerprint density at radius 3 is 2.93 bits per heavy atom. The number of esters is 1. The Morgan fingerprint density at radius 1 is 1.33 bits per heavy atom. The standard InChI is InChI=1S/C20H23NO6/c1-12(22)24-9-19-20-4-3-14(23-2)6-18(20)21(10-25-19)8-13-5-16-17(7-15(13)20)27-11-26-16/h3-5,7,14,18-19H,6,8-11H2,1-2H3/t14-,18+,19+,20+/m1/s1. The lowest BCUT2D eigenvalue weighted by molar-refractivity contribution is -0.180. The summed E-state index contributed by atoms with van der Waals surface area (Å²) in [6, 6.07) is 4.36. The van der Waals surface area contributed by atoms with Crippen LogP contribution in [0.15, 0.2) is 24.3 Å². The van der Waals surface area contributed by atoms with Crippen molar-refractivity contribution < 1.29 is 28.5 Å². The van der Waals surface area contributed by atoms with E-state index in [4.69, 9.17) is 23.7 Å².